The maximum absolute atomic E-state index is 14.5. The predicted octanol–water partition coefficient (Wildman–Crippen LogP) is -0.767. The van der Waals surface area contributed by atoms with E-state index in [9.17, 15) is 48.6 Å². The zero-order chi connectivity index (χ0) is 52.2. The third-order valence-corrected chi connectivity index (χ3v) is 12.1. The van der Waals surface area contributed by atoms with Crippen molar-refractivity contribution in [3.05, 3.63) is 83.9 Å². The third-order valence-electron chi connectivity index (χ3n) is 12.1. The summed E-state index contributed by atoms with van der Waals surface area (Å²) in [6, 6.07) is 5.44. The van der Waals surface area contributed by atoms with Gasteiger partial charge in [-0.2, -0.15) is 0 Å². The standard InChI is InChI=1S/C48H69N13O10/c1-6-28(4)39(45(68)57-35(23-31-24-52-26-54-31)46(69)61-21-11-15-36(61)43(66)60-40(47(70)71)30-12-8-7-9-13-30)59-42(65)34(22-29-16-18-32(62)19-17-29)56-44(67)38(27(2)3)58-41(64)33(55-37(63)25-51-5)14-10-20-53-48(49)50/h7-9,12-13,16-19,24,26-28,33-36,38-40,51,62H,6,10-11,14-15,20-23,25H2,1-5H3,(H,52,54)(H,55,63)(H,56,67)(H,57,68)(H,58,64)(H,59,65)(H,60,66)(H,70,71)(H4,49,50,53)/t28-,33-,34-,35-,36-,38-,39-,40+/m0/s1. The van der Waals surface area contributed by atoms with E-state index in [-0.39, 0.29) is 57.0 Å². The first-order chi connectivity index (χ1) is 33.8. The highest BCUT2D eigenvalue weighted by Gasteiger charge is 2.41. The number of carboxylic acids is 1. The molecule has 1 fully saturated rings. The first kappa shape index (κ1) is 56.0. The lowest BCUT2D eigenvalue weighted by Crippen LogP contribution is -2.62. The molecule has 23 heteroatoms. The van der Waals surface area contributed by atoms with Gasteiger partial charge in [0.25, 0.3) is 0 Å². The Morgan fingerprint density at radius 3 is 2.07 bits per heavy atom. The van der Waals surface area contributed by atoms with Crippen LogP contribution in [-0.4, -0.2) is 141 Å². The molecule has 4 rings (SSSR count). The van der Waals surface area contributed by atoms with Gasteiger partial charge in [0.05, 0.1) is 12.9 Å². The SMILES string of the molecule is CC[C@H](C)[C@H](NC(=O)[C@H](Cc1ccc(O)cc1)NC(=O)[C@@H](NC(=O)[C@H](CCCN=C(N)N)NC(=O)CNC)C(C)C)C(=O)N[C@@H](Cc1cnc[nH]1)C(=O)N1CCC[C@H]1C(=O)N[C@@H](C(=O)O)c1ccccc1. The van der Waals surface area contributed by atoms with E-state index in [1.807, 2.05) is 0 Å². The lowest BCUT2D eigenvalue weighted by Gasteiger charge is -2.32. The third kappa shape index (κ3) is 17.1. The van der Waals surface area contributed by atoms with Gasteiger partial charge in [0.1, 0.15) is 42.0 Å². The number of aliphatic imine (C=N–C) groups is 1. The molecule has 23 nitrogen and oxygen atoms in total. The summed E-state index contributed by atoms with van der Waals surface area (Å²) >= 11 is 0. The van der Waals surface area contributed by atoms with E-state index in [1.165, 1.54) is 29.6 Å². The largest absolute Gasteiger partial charge is 0.508 e. The summed E-state index contributed by atoms with van der Waals surface area (Å²) in [5.74, 6) is -7.24. The number of guanidine groups is 1. The monoisotopic (exact) mass is 988 g/mol. The minimum Gasteiger partial charge on any atom is -0.508 e. The quantitative estimate of drug-likeness (QED) is 0.0254. The number of nitrogens with zero attached hydrogens (tertiary/aromatic N) is 3. The van der Waals surface area contributed by atoms with Crippen LogP contribution in [0.25, 0.3) is 0 Å². The number of phenols is 1. The minimum absolute atomic E-state index is 0.0405. The van der Waals surface area contributed by atoms with Crippen molar-refractivity contribution in [3.8, 4) is 5.75 Å². The van der Waals surface area contributed by atoms with E-state index < -0.39 is 101 Å². The highest BCUT2D eigenvalue weighted by molar-refractivity contribution is 5.98. The molecule has 71 heavy (non-hydrogen) atoms. The second-order valence-electron chi connectivity index (χ2n) is 17.9. The molecular formula is C48H69N13O10. The number of aromatic hydroxyl groups is 1. The molecule has 0 unspecified atom stereocenters. The zero-order valence-corrected chi connectivity index (χ0v) is 40.8. The van der Waals surface area contributed by atoms with Gasteiger partial charge in [0.2, 0.25) is 41.4 Å². The van der Waals surface area contributed by atoms with Crippen molar-refractivity contribution in [2.75, 3.05) is 26.7 Å². The molecule has 1 aliphatic heterocycles. The summed E-state index contributed by atoms with van der Waals surface area (Å²) in [5.41, 5.74) is 12.2. The summed E-state index contributed by atoms with van der Waals surface area (Å²) in [6.07, 6.45) is 4.15. The van der Waals surface area contributed by atoms with Crippen LogP contribution in [0.4, 0.5) is 0 Å². The number of amides is 7. The summed E-state index contributed by atoms with van der Waals surface area (Å²) < 4.78 is 0. The fourth-order valence-electron chi connectivity index (χ4n) is 8.01. The molecule has 0 spiro atoms. The smallest absolute Gasteiger partial charge is 0.330 e. The van der Waals surface area contributed by atoms with Gasteiger partial charge >= 0.3 is 5.97 Å². The number of carbonyl (C=O) groups excluding carboxylic acids is 7. The number of likely N-dealkylation sites (N-methyl/N-ethyl adjacent to an activating group) is 1. The number of H-pyrrole nitrogens is 1. The molecule has 7 amide bonds. The number of rotatable bonds is 27. The number of benzene rings is 2. The number of nitrogens with one attached hydrogen (secondary N) is 8. The highest BCUT2D eigenvalue weighted by atomic mass is 16.4. The van der Waals surface area contributed by atoms with Gasteiger partial charge in [-0.25, -0.2) is 9.78 Å². The summed E-state index contributed by atoms with van der Waals surface area (Å²) in [7, 11) is 1.57. The van der Waals surface area contributed by atoms with Crippen LogP contribution in [0.5, 0.6) is 5.75 Å². The molecule has 1 aromatic heterocycles. The Morgan fingerprint density at radius 1 is 0.817 bits per heavy atom. The van der Waals surface area contributed by atoms with Crippen molar-refractivity contribution in [3.63, 3.8) is 0 Å². The van der Waals surface area contributed by atoms with Crippen LogP contribution in [0.15, 0.2) is 72.1 Å². The summed E-state index contributed by atoms with van der Waals surface area (Å²) in [5, 5.41) is 39.0. The van der Waals surface area contributed by atoms with Gasteiger partial charge in [0, 0.05) is 37.8 Å². The van der Waals surface area contributed by atoms with Crippen molar-refractivity contribution in [1.29, 1.82) is 0 Å². The molecule has 8 atom stereocenters. The number of aromatic nitrogens is 2. The number of aromatic amines is 1. The minimum atomic E-state index is -1.38. The van der Waals surface area contributed by atoms with E-state index in [0.29, 0.717) is 36.1 Å². The molecular weight excluding hydrogens is 919 g/mol. The van der Waals surface area contributed by atoms with Crippen LogP contribution in [0.3, 0.4) is 0 Å². The van der Waals surface area contributed by atoms with Crippen LogP contribution in [-0.2, 0) is 51.2 Å². The van der Waals surface area contributed by atoms with E-state index in [4.69, 9.17) is 11.5 Å². The Bertz CT molecular complexity index is 2290. The molecule has 1 saturated heterocycles. The molecule has 386 valence electrons. The zero-order valence-electron chi connectivity index (χ0n) is 40.8. The van der Waals surface area contributed by atoms with E-state index in [1.54, 1.807) is 77.2 Å². The molecule has 1 aliphatic rings. The first-order valence-corrected chi connectivity index (χ1v) is 23.7. The molecule has 0 bridgehead atoms. The van der Waals surface area contributed by atoms with Crippen molar-refractivity contribution >= 4 is 53.3 Å². The normalized spacial score (nSPS) is 16.2. The van der Waals surface area contributed by atoms with Crippen LogP contribution in [0, 0.1) is 11.8 Å². The fraction of sp³-hybridized carbons (Fsp3) is 0.500. The average molecular weight is 988 g/mol. The Kier molecular flexibility index (Phi) is 21.8. The number of carboxylic acid groups (broad SMARTS) is 1. The molecule has 3 aromatic rings. The van der Waals surface area contributed by atoms with Crippen LogP contribution in [0.1, 0.15) is 82.7 Å². The maximum atomic E-state index is 14.5. The number of hydrogen-bond acceptors (Lipinski definition) is 12. The Hall–Kier alpha value is -7.56. The molecule has 2 aromatic carbocycles. The number of hydrogen-bond donors (Lipinski definition) is 12. The molecule has 0 aliphatic carbocycles. The molecule has 14 N–H and O–H groups in total. The number of aliphatic carboxylic acids is 1. The number of likely N-dealkylation sites (tertiary alicyclic amines) is 1. The summed E-state index contributed by atoms with van der Waals surface area (Å²) in [6.45, 7) is 7.14. The van der Waals surface area contributed by atoms with Crippen molar-refractivity contribution in [2.24, 2.45) is 28.3 Å². The lowest BCUT2D eigenvalue weighted by atomic mass is 9.96. The second kappa shape index (κ2) is 27.6. The van der Waals surface area contributed by atoms with Crippen LogP contribution < -0.4 is 48.7 Å². The fourth-order valence-corrected chi connectivity index (χ4v) is 8.01. The maximum Gasteiger partial charge on any atom is 0.330 e. The van der Waals surface area contributed by atoms with Crippen molar-refractivity contribution < 1.29 is 48.6 Å². The van der Waals surface area contributed by atoms with Crippen LogP contribution >= 0.6 is 0 Å². The first-order valence-electron chi connectivity index (χ1n) is 23.7. The van der Waals surface area contributed by atoms with Crippen molar-refractivity contribution in [1.82, 2.24) is 52.1 Å². The average Bonchev–Trinajstić information content (AvgIpc) is 4.05. The number of carbonyl (C=O) groups is 8. The van der Waals surface area contributed by atoms with Crippen LogP contribution in [0.2, 0.25) is 0 Å². The van der Waals surface area contributed by atoms with E-state index >= 15 is 0 Å². The Labute approximate surface area is 412 Å². The summed E-state index contributed by atoms with van der Waals surface area (Å²) in [4.78, 5) is 122. The van der Waals surface area contributed by atoms with E-state index in [2.05, 4.69) is 52.2 Å². The predicted molar refractivity (Wildman–Crippen MR) is 262 cm³/mol. The number of phenolic OH excluding ortho intramolecular Hbond substituents is 1. The number of nitrogens with two attached hydrogens (primary N) is 2. The topological polar surface area (TPSA) is 358 Å². The highest BCUT2D eigenvalue weighted by Crippen LogP contribution is 2.23. The molecule has 0 saturated carbocycles. The van der Waals surface area contributed by atoms with Gasteiger partial charge in [-0.15, -0.1) is 0 Å². The number of imidazole rings is 1. The van der Waals surface area contributed by atoms with Gasteiger partial charge in [-0.1, -0.05) is 76.6 Å². The van der Waals surface area contributed by atoms with Gasteiger partial charge in [-0.3, -0.25) is 38.6 Å². The second-order valence-corrected chi connectivity index (χ2v) is 17.9. The Balaban J connectivity index is 1.59. The van der Waals surface area contributed by atoms with Gasteiger partial charge in [0.15, 0.2) is 12.0 Å². The Morgan fingerprint density at radius 2 is 1.46 bits per heavy atom. The van der Waals surface area contributed by atoms with Gasteiger partial charge in [-0.05, 0) is 67.8 Å². The van der Waals surface area contributed by atoms with E-state index in [0.717, 1.165) is 0 Å². The molecule has 0 radical (unpaired) electrons. The van der Waals surface area contributed by atoms with Crippen molar-refractivity contribution in [2.45, 2.75) is 115 Å². The molecule has 2 heterocycles. The van der Waals surface area contributed by atoms with Gasteiger partial charge < -0.3 is 68.8 Å². The lowest BCUT2D eigenvalue weighted by molar-refractivity contribution is -0.145.